The van der Waals surface area contributed by atoms with Gasteiger partial charge in [0.15, 0.2) is 0 Å². The SMILES string of the molecule is C#CCN(CC)C(=O)N(CC(=O)O)c1ccc(Cl)cc1. The first-order valence-electron chi connectivity index (χ1n) is 5.96. The van der Waals surface area contributed by atoms with Gasteiger partial charge in [0.05, 0.1) is 6.54 Å². The van der Waals surface area contributed by atoms with E-state index in [0.29, 0.717) is 17.3 Å². The Morgan fingerprint density at radius 1 is 1.35 bits per heavy atom. The third-order valence-electron chi connectivity index (χ3n) is 2.60. The molecule has 2 amide bonds. The molecular weight excluding hydrogens is 280 g/mol. The lowest BCUT2D eigenvalue weighted by Gasteiger charge is -2.27. The van der Waals surface area contributed by atoms with E-state index in [-0.39, 0.29) is 6.54 Å². The zero-order chi connectivity index (χ0) is 15.1. The van der Waals surface area contributed by atoms with Crippen molar-refractivity contribution in [3.05, 3.63) is 29.3 Å². The van der Waals surface area contributed by atoms with Crippen molar-refractivity contribution in [3.63, 3.8) is 0 Å². The molecule has 1 aromatic carbocycles. The van der Waals surface area contributed by atoms with E-state index in [1.54, 1.807) is 31.2 Å². The van der Waals surface area contributed by atoms with E-state index in [2.05, 4.69) is 5.92 Å². The molecule has 0 heterocycles. The van der Waals surface area contributed by atoms with Crippen LogP contribution in [0.5, 0.6) is 0 Å². The average molecular weight is 295 g/mol. The maximum absolute atomic E-state index is 12.3. The number of urea groups is 1. The third-order valence-corrected chi connectivity index (χ3v) is 2.85. The molecule has 1 rings (SSSR count). The van der Waals surface area contributed by atoms with E-state index >= 15 is 0 Å². The van der Waals surface area contributed by atoms with E-state index in [9.17, 15) is 9.59 Å². The van der Waals surface area contributed by atoms with Gasteiger partial charge in [0.1, 0.15) is 6.54 Å². The number of rotatable bonds is 5. The van der Waals surface area contributed by atoms with Crippen molar-refractivity contribution in [2.75, 3.05) is 24.5 Å². The lowest BCUT2D eigenvalue weighted by molar-refractivity contribution is -0.135. The first kappa shape index (κ1) is 15.9. The van der Waals surface area contributed by atoms with Gasteiger partial charge in [0, 0.05) is 17.3 Å². The number of hydrogen-bond acceptors (Lipinski definition) is 2. The monoisotopic (exact) mass is 294 g/mol. The fourth-order valence-corrected chi connectivity index (χ4v) is 1.75. The minimum absolute atomic E-state index is 0.124. The molecule has 0 saturated carbocycles. The molecular formula is C14H15ClN2O3. The van der Waals surface area contributed by atoms with E-state index in [1.807, 2.05) is 0 Å². The summed E-state index contributed by atoms with van der Waals surface area (Å²) in [6, 6.07) is 5.92. The van der Waals surface area contributed by atoms with E-state index in [0.717, 1.165) is 4.90 Å². The summed E-state index contributed by atoms with van der Waals surface area (Å²) in [4.78, 5) is 25.8. The number of hydrogen-bond donors (Lipinski definition) is 1. The molecule has 1 N–H and O–H groups in total. The summed E-state index contributed by atoms with van der Waals surface area (Å²) in [5, 5.41) is 9.46. The van der Waals surface area contributed by atoms with Crippen molar-refractivity contribution in [1.29, 1.82) is 0 Å². The van der Waals surface area contributed by atoms with Gasteiger partial charge in [-0.05, 0) is 31.2 Å². The van der Waals surface area contributed by atoms with Gasteiger partial charge in [-0.25, -0.2) is 4.79 Å². The average Bonchev–Trinajstić information content (AvgIpc) is 2.42. The van der Waals surface area contributed by atoms with Gasteiger partial charge >= 0.3 is 12.0 Å². The van der Waals surface area contributed by atoms with Crippen LogP contribution in [-0.4, -0.2) is 41.6 Å². The van der Waals surface area contributed by atoms with Gasteiger partial charge in [-0.15, -0.1) is 6.42 Å². The molecule has 0 bridgehead atoms. The van der Waals surface area contributed by atoms with Crippen molar-refractivity contribution in [3.8, 4) is 12.3 Å². The molecule has 6 heteroatoms. The molecule has 106 valence electrons. The van der Waals surface area contributed by atoms with Crippen LogP contribution in [-0.2, 0) is 4.79 Å². The molecule has 0 aliphatic carbocycles. The van der Waals surface area contributed by atoms with Crippen LogP contribution >= 0.6 is 11.6 Å². The first-order valence-corrected chi connectivity index (χ1v) is 6.34. The summed E-state index contributed by atoms with van der Waals surface area (Å²) in [7, 11) is 0. The molecule has 0 atom stereocenters. The largest absolute Gasteiger partial charge is 0.480 e. The Labute approximate surface area is 122 Å². The number of terminal acetylenes is 1. The molecule has 0 aliphatic heterocycles. The Morgan fingerprint density at radius 2 is 1.95 bits per heavy atom. The fourth-order valence-electron chi connectivity index (χ4n) is 1.62. The first-order chi connectivity index (χ1) is 9.49. The van der Waals surface area contributed by atoms with Gasteiger partial charge in [-0.1, -0.05) is 17.5 Å². The number of anilines is 1. The number of carbonyl (C=O) groups is 2. The Bertz CT molecular complexity index is 522. The highest BCUT2D eigenvalue weighted by molar-refractivity contribution is 6.30. The second-order valence-electron chi connectivity index (χ2n) is 3.96. The lowest BCUT2D eigenvalue weighted by Crippen LogP contribution is -2.45. The molecule has 1 aromatic rings. The van der Waals surface area contributed by atoms with Crippen LogP contribution in [0.3, 0.4) is 0 Å². The Balaban J connectivity index is 3.05. The van der Waals surface area contributed by atoms with Crippen LogP contribution in [0, 0.1) is 12.3 Å². The van der Waals surface area contributed by atoms with Crippen LogP contribution < -0.4 is 4.90 Å². The third kappa shape index (κ3) is 4.18. The number of nitrogens with zero attached hydrogens (tertiary/aromatic N) is 2. The summed E-state index contributed by atoms with van der Waals surface area (Å²) in [5.41, 5.74) is 0.456. The smallest absolute Gasteiger partial charge is 0.325 e. The summed E-state index contributed by atoms with van der Waals surface area (Å²) in [6.07, 6.45) is 5.21. The predicted molar refractivity (Wildman–Crippen MR) is 77.9 cm³/mol. The summed E-state index contributed by atoms with van der Waals surface area (Å²) >= 11 is 5.78. The predicted octanol–water partition coefficient (Wildman–Crippen LogP) is 2.31. The molecule has 0 aliphatic rings. The number of halogens is 1. The standard InChI is InChI=1S/C14H15ClN2O3/c1-3-9-16(4-2)14(20)17(10-13(18)19)12-7-5-11(15)6-8-12/h1,5-8H,4,9-10H2,2H3,(H,18,19). The van der Waals surface area contributed by atoms with Gasteiger partial charge < -0.3 is 10.0 Å². The van der Waals surface area contributed by atoms with Gasteiger partial charge in [0.2, 0.25) is 0 Å². The van der Waals surface area contributed by atoms with Crippen LogP contribution in [0.1, 0.15) is 6.92 Å². The topological polar surface area (TPSA) is 60.9 Å². The maximum Gasteiger partial charge on any atom is 0.325 e. The number of aliphatic carboxylic acids is 1. The second-order valence-corrected chi connectivity index (χ2v) is 4.39. The van der Waals surface area contributed by atoms with Gasteiger partial charge in [-0.3, -0.25) is 9.69 Å². The van der Waals surface area contributed by atoms with E-state index in [1.165, 1.54) is 4.90 Å². The molecule has 5 nitrogen and oxygen atoms in total. The number of carboxylic acids is 1. The van der Waals surface area contributed by atoms with Crippen molar-refractivity contribution in [2.24, 2.45) is 0 Å². The second kappa shape index (κ2) is 7.41. The van der Waals surface area contributed by atoms with Crippen LogP contribution in [0.25, 0.3) is 0 Å². The maximum atomic E-state index is 12.3. The summed E-state index contributed by atoms with van der Waals surface area (Å²) in [6.45, 7) is 1.85. The number of carbonyl (C=O) groups excluding carboxylic acids is 1. The zero-order valence-corrected chi connectivity index (χ0v) is 11.8. The van der Waals surface area contributed by atoms with E-state index in [4.69, 9.17) is 23.1 Å². The molecule has 0 spiro atoms. The summed E-state index contributed by atoms with van der Waals surface area (Å²) < 4.78 is 0. The minimum atomic E-state index is -1.11. The van der Waals surface area contributed by atoms with Crippen molar-refractivity contribution in [1.82, 2.24) is 4.90 Å². The van der Waals surface area contributed by atoms with Crippen molar-refractivity contribution in [2.45, 2.75) is 6.92 Å². The summed E-state index contributed by atoms with van der Waals surface area (Å²) in [5.74, 6) is 1.27. The van der Waals surface area contributed by atoms with Gasteiger partial charge in [0.25, 0.3) is 0 Å². The van der Waals surface area contributed by atoms with Crippen LogP contribution in [0.4, 0.5) is 10.5 Å². The van der Waals surface area contributed by atoms with Crippen LogP contribution in [0.15, 0.2) is 24.3 Å². The highest BCUT2D eigenvalue weighted by Crippen LogP contribution is 2.19. The molecule has 0 unspecified atom stereocenters. The van der Waals surface area contributed by atoms with Gasteiger partial charge in [-0.2, -0.15) is 0 Å². The lowest BCUT2D eigenvalue weighted by atomic mass is 10.3. The molecule has 20 heavy (non-hydrogen) atoms. The molecule has 0 radical (unpaired) electrons. The normalized spacial score (nSPS) is 9.65. The van der Waals surface area contributed by atoms with E-state index < -0.39 is 18.5 Å². The molecule has 0 fully saturated rings. The Hall–Kier alpha value is -2.19. The Morgan fingerprint density at radius 3 is 2.40 bits per heavy atom. The molecule has 0 saturated heterocycles. The molecule has 0 aromatic heterocycles. The van der Waals surface area contributed by atoms with Crippen molar-refractivity contribution < 1.29 is 14.7 Å². The minimum Gasteiger partial charge on any atom is -0.480 e. The quantitative estimate of drug-likeness (QED) is 0.848. The van der Waals surface area contributed by atoms with Crippen LogP contribution in [0.2, 0.25) is 5.02 Å². The van der Waals surface area contributed by atoms with Crippen molar-refractivity contribution >= 4 is 29.3 Å². The zero-order valence-electron chi connectivity index (χ0n) is 11.0. The number of amides is 2. The highest BCUT2D eigenvalue weighted by atomic mass is 35.5. The Kier molecular flexibility index (Phi) is 5.88. The number of carboxylic acid groups (broad SMARTS) is 1. The highest BCUT2D eigenvalue weighted by Gasteiger charge is 2.23. The fraction of sp³-hybridized carbons (Fsp3) is 0.286. The number of benzene rings is 1.